The Morgan fingerprint density at radius 2 is 2.17 bits per heavy atom. The van der Waals surface area contributed by atoms with Gasteiger partial charge in [-0.2, -0.15) is 0 Å². The Labute approximate surface area is 132 Å². The van der Waals surface area contributed by atoms with Gasteiger partial charge >= 0.3 is 0 Å². The first-order chi connectivity index (χ1) is 11.1. The van der Waals surface area contributed by atoms with Crippen molar-refractivity contribution in [1.29, 1.82) is 0 Å². The minimum atomic E-state index is -0.271. The molecule has 1 amide bonds. The van der Waals surface area contributed by atoms with Crippen LogP contribution in [0.1, 0.15) is 34.2 Å². The molecular weight excluding hydrogens is 295 g/mol. The number of amides is 1. The number of imidazole rings is 1. The Morgan fingerprint density at radius 1 is 1.35 bits per heavy atom. The van der Waals surface area contributed by atoms with Crippen molar-refractivity contribution in [3.05, 3.63) is 59.3 Å². The van der Waals surface area contributed by atoms with Gasteiger partial charge in [0.25, 0.3) is 5.91 Å². The molecule has 0 radical (unpaired) electrons. The van der Waals surface area contributed by atoms with Gasteiger partial charge in [-0.15, -0.1) is 0 Å². The maximum Gasteiger partial charge on any atom is 0.256 e. The fraction of sp³-hybridized carbons (Fsp3) is 0.235. The summed E-state index contributed by atoms with van der Waals surface area (Å²) in [6.07, 6.45) is 2.34. The summed E-state index contributed by atoms with van der Waals surface area (Å²) in [6, 6.07) is 8.09. The van der Waals surface area contributed by atoms with Crippen molar-refractivity contribution in [2.75, 3.05) is 6.54 Å². The summed E-state index contributed by atoms with van der Waals surface area (Å²) >= 11 is 0. The molecule has 1 aliphatic heterocycles. The highest BCUT2D eigenvalue weighted by Gasteiger charge is 2.36. The Balaban J connectivity index is 1.70. The van der Waals surface area contributed by atoms with Crippen molar-refractivity contribution in [2.45, 2.75) is 19.4 Å². The first-order valence-electron chi connectivity index (χ1n) is 7.52. The highest BCUT2D eigenvalue weighted by Crippen LogP contribution is 2.36. The normalized spacial score (nSPS) is 17.3. The number of fused-ring (bicyclic) bond motifs is 1. The lowest BCUT2D eigenvalue weighted by Gasteiger charge is -2.41. The third kappa shape index (κ3) is 2.18. The van der Waals surface area contributed by atoms with Crippen LogP contribution in [0.25, 0.3) is 11.2 Å². The zero-order chi connectivity index (χ0) is 16.0. The number of hydrogen-bond donors (Lipinski definition) is 1. The summed E-state index contributed by atoms with van der Waals surface area (Å²) in [5.41, 5.74) is 2.25. The number of pyridine rings is 1. The van der Waals surface area contributed by atoms with Crippen LogP contribution in [0.2, 0.25) is 0 Å². The van der Waals surface area contributed by atoms with Crippen LogP contribution in [0.15, 0.2) is 36.5 Å². The number of benzene rings is 1. The van der Waals surface area contributed by atoms with Crippen LogP contribution < -0.4 is 0 Å². The van der Waals surface area contributed by atoms with E-state index in [0.717, 1.165) is 6.42 Å². The van der Waals surface area contributed by atoms with Gasteiger partial charge in [-0.1, -0.05) is 18.2 Å². The first-order valence-corrected chi connectivity index (χ1v) is 7.52. The summed E-state index contributed by atoms with van der Waals surface area (Å²) in [4.78, 5) is 26.1. The molecule has 116 valence electrons. The molecule has 23 heavy (non-hydrogen) atoms. The molecular formula is C17H15FN4O. The lowest BCUT2D eigenvalue weighted by Crippen LogP contribution is -2.45. The minimum absolute atomic E-state index is 0.124. The number of likely N-dealkylation sites (tertiary alicyclic amines) is 1. The first kappa shape index (κ1) is 13.9. The molecule has 1 N–H and O–H groups in total. The number of carbonyl (C=O) groups is 1. The maximum atomic E-state index is 14.0. The van der Waals surface area contributed by atoms with Gasteiger partial charge in [0.2, 0.25) is 0 Å². The second-order valence-corrected chi connectivity index (χ2v) is 5.70. The number of rotatable bonds is 2. The largest absolute Gasteiger partial charge is 0.340 e. The molecule has 1 atom stereocenters. The third-order valence-electron chi connectivity index (χ3n) is 4.29. The Bertz CT molecular complexity index is 904. The Morgan fingerprint density at radius 3 is 2.91 bits per heavy atom. The average molecular weight is 310 g/mol. The molecule has 0 bridgehead atoms. The third-order valence-corrected chi connectivity index (χ3v) is 4.29. The van der Waals surface area contributed by atoms with E-state index in [0.29, 0.717) is 34.7 Å². The molecule has 0 saturated carbocycles. The van der Waals surface area contributed by atoms with Crippen LogP contribution in [0.4, 0.5) is 4.39 Å². The second-order valence-electron chi connectivity index (χ2n) is 5.70. The molecule has 3 aromatic rings. The molecule has 5 nitrogen and oxygen atoms in total. The molecule has 0 spiro atoms. The van der Waals surface area contributed by atoms with E-state index in [-0.39, 0.29) is 17.8 Å². The number of carbonyl (C=O) groups excluding carboxylic acids is 1. The number of hydrogen-bond acceptors (Lipinski definition) is 3. The number of nitrogens with zero attached hydrogens (tertiary/aromatic N) is 3. The molecule has 1 fully saturated rings. The van der Waals surface area contributed by atoms with E-state index in [1.54, 1.807) is 35.4 Å². The summed E-state index contributed by atoms with van der Waals surface area (Å²) < 4.78 is 14.0. The van der Waals surface area contributed by atoms with Gasteiger partial charge in [-0.25, -0.2) is 14.4 Å². The minimum Gasteiger partial charge on any atom is -0.340 e. The van der Waals surface area contributed by atoms with Crippen molar-refractivity contribution < 1.29 is 9.18 Å². The van der Waals surface area contributed by atoms with Gasteiger partial charge in [-0.05, 0) is 25.5 Å². The van der Waals surface area contributed by atoms with Gasteiger partial charge in [0.05, 0.1) is 17.1 Å². The van der Waals surface area contributed by atoms with E-state index in [9.17, 15) is 9.18 Å². The Kier molecular flexibility index (Phi) is 3.11. The number of aromatic amines is 1. The smallest absolute Gasteiger partial charge is 0.256 e. The number of aryl methyl sites for hydroxylation is 1. The van der Waals surface area contributed by atoms with Crippen LogP contribution >= 0.6 is 0 Å². The SMILES string of the molecule is Cc1nc2nccc(C(=O)N3CCC3c3ccccc3F)c2[nH]1. The predicted molar refractivity (Wildman–Crippen MR) is 83.4 cm³/mol. The monoisotopic (exact) mass is 310 g/mol. The number of H-pyrrole nitrogens is 1. The highest BCUT2D eigenvalue weighted by atomic mass is 19.1. The topological polar surface area (TPSA) is 61.9 Å². The van der Waals surface area contributed by atoms with Crippen LogP contribution in [0.3, 0.4) is 0 Å². The van der Waals surface area contributed by atoms with Crippen LogP contribution in [0, 0.1) is 12.7 Å². The van der Waals surface area contributed by atoms with Gasteiger partial charge in [0.15, 0.2) is 5.65 Å². The van der Waals surface area contributed by atoms with E-state index in [1.807, 2.05) is 6.92 Å². The van der Waals surface area contributed by atoms with Crippen molar-refractivity contribution >= 4 is 17.1 Å². The van der Waals surface area contributed by atoms with Crippen LogP contribution in [-0.4, -0.2) is 32.3 Å². The van der Waals surface area contributed by atoms with Crippen molar-refractivity contribution in [2.24, 2.45) is 0 Å². The zero-order valence-corrected chi connectivity index (χ0v) is 12.6. The zero-order valence-electron chi connectivity index (χ0n) is 12.6. The fourth-order valence-electron chi connectivity index (χ4n) is 3.06. The standard InChI is InChI=1S/C17H15FN4O/c1-10-20-15-12(6-8-19-16(15)21-10)17(23)22-9-7-14(22)11-4-2-3-5-13(11)18/h2-6,8,14H,7,9H2,1H3,(H,19,20,21). The molecule has 4 rings (SSSR count). The summed E-state index contributed by atoms with van der Waals surface area (Å²) in [5.74, 6) is 0.315. The van der Waals surface area contributed by atoms with Gasteiger partial charge in [0, 0.05) is 18.3 Å². The van der Waals surface area contributed by atoms with Crippen molar-refractivity contribution in [1.82, 2.24) is 19.9 Å². The van der Waals surface area contributed by atoms with E-state index in [2.05, 4.69) is 15.0 Å². The summed E-state index contributed by atoms with van der Waals surface area (Å²) in [6.45, 7) is 2.44. The quantitative estimate of drug-likeness (QED) is 0.791. The maximum absolute atomic E-state index is 14.0. The van der Waals surface area contributed by atoms with E-state index in [1.165, 1.54) is 6.07 Å². The van der Waals surface area contributed by atoms with Crippen LogP contribution in [0.5, 0.6) is 0 Å². The number of nitrogens with one attached hydrogen (secondary N) is 1. The summed E-state index contributed by atoms with van der Waals surface area (Å²) in [7, 11) is 0. The molecule has 1 aliphatic rings. The van der Waals surface area contributed by atoms with E-state index in [4.69, 9.17) is 0 Å². The highest BCUT2D eigenvalue weighted by molar-refractivity contribution is 6.04. The molecule has 1 unspecified atom stereocenters. The molecule has 2 aromatic heterocycles. The second kappa shape index (κ2) is 5.15. The van der Waals surface area contributed by atoms with Crippen molar-refractivity contribution in [3.8, 4) is 0 Å². The van der Waals surface area contributed by atoms with Crippen molar-refractivity contribution in [3.63, 3.8) is 0 Å². The predicted octanol–water partition coefficient (Wildman–Crippen LogP) is 2.99. The Hall–Kier alpha value is -2.76. The lowest BCUT2D eigenvalue weighted by atomic mass is 9.93. The van der Waals surface area contributed by atoms with Gasteiger partial charge in [-0.3, -0.25) is 4.79 Å². The molecule has 1 saturated heterocycles. The lowest BCUT2D eigenvalue weighted by molar-refractivity contribution is 0.0455. The summed E-state index contributed by atoms with van der Waals surface area (Å²) in [5, 5.41) is 0. The molecule has 3 heterocycles. The van der Waals surface area contributed by atoms with Crippen LogP contribution in [-0.2, 0) is 0 Å². The van der Waals surface area contributed by atoms with E-state index < -0.39 is 0 Å². The average Bonchev–Trinajstić information content (AvgIpc) is 2.88. The fourth-order valence-corrected chi connectivity index (χ4v) is 3.06. The number of aromatic nitrogens is 3. The van der Waals surface area contributed by atoms with Gasteiger partial charge < -0.3 is 9.88 Å². The number of halogens is 1. The van der Waals surface area contributed by atoms with Gasteiger partial charge in [0.1, 0.15) is 11.6 Å². The molecule has 6 heteroatoms. The molecule has 0 aliphatic carbocycles. The molecule has 1 aromatic carbocycles. The van der Waals surface area contributed by atoms with E-state index >= 15 is 0 Å².